The van der Waals surface area contributed by atoms with Crippen LogP contribution in [0.15, 0.2) is 36.5 Å². The lowest BCUT2D eigenvalue weighted by Crippen LogP contribution is -2.44. The van der Waals surface area contributed by atoms with Gasteiger partial charge in [0.2, 0.25) is 0 Å². The van der Waals surface area contributed by atoms with Gasteiger partial charge in [-0.25, -0.2) is 4.98 Å². The third-order valence-corrected chi connectivity index (χ3v) is 5.49. The number of hydrogen-bond donors (Lipinski definition) is 4. The van der Waals surface area contributed by atoms with E-state index in [0.29, 0.717) is 22.0 Å². The number of amides is 2. The molecule has 0 radical (unpaired) electrons. The molecule has 1 saturated carbocycles. The summed E-state index contributed by atoms with van der Waals surface area (Å²) in [5.41, 5.74) is 0.497. The molecule has 0 aliphatic heterocycles. The standard InChI is InChI=1S/C18H21N3O5S/c1-26-15-12(7-11(9-22)14(15)23)20-17(25)13-8-19-18(27-13)21-16(24)10-5-3-2-4-6-10/h2-6,8,11-12,14-15,22-23H,7,9H2,1H3,(H,20,25)(H,19,21,24)/t11-,12-,14-,15+/m1/s1. The molecular weight excluding hydrogens is 370 g/mol. The van der Waals surface area contributed by atoms with Crippen molar-refractivity contribution in [1.29, 1.82) is 0 Å². The van der Waals surface area contributed by atoms with Crippen molar-refractivity contribution in [3.63, 3.8) is 0 Å². The quantitative estimate of drug-likeness (QED) is 0.580. The smallest absolute Gasteiger partial charge is 0.263 e. The van der Waals surface area contributed by atoms with Gasteiger partial charge in [0.05, 0.1) is 18.3 Å². The van der Waals surface area contributed by atoms with E-state index < -0.39 is 18.2 Å². The maximum absolute atomic E-state index is 12.5. The summed E-state index contributed by atoms with van der Waals surface area (Å²) < 4.78 is 5.27. The Morgan fingerprint density at radius 2 is 2.04 bits per heavy atom. The predicted octanol–water partition coefficient (Wildman–Crippen LogP) is 0.882. The van der Waals surface area contributed by atoms with Gasteiger partial charge < -0.3 is 20.3 Å². The third kappa shape index (κ3) is 4.33. The molecule has 2 aromatic rings. The zero-order chi connectivity index (χ0) is 19.4. The molecule has 9 heteroatoms. The van der Waals surface area contributed by atoms with Gasteiger partial charge in [0.25, 0.3) is 11.8 Å². The summed E-state index contributed by atoms with van der Waals surface area (Å²) in [6.07, 6.45) is 0.374. The molecule has 1 aromatic heterocycles. The van der Waals surface area contributed by atoms with Crippen LogP contribution in [-0.2, 0) is 4.74 Å². The van der Waals surface area contributed by atoms with E-state index in [4.69, 9.17) is 4.74 Å². The Balaban J connectivity index is 1.62. The summed E-state index contributed by atoms with van der Waals surface area (Å²) in [4.78, 5) is 29.0. The Morgan fingerprint density at radius 1 is 1.30 bits per heavy atom. The van der Waals surface area contributed by atoms with Crippen molar-refractivity contribution in [3.05, 3.63) is 47.0 Å². The maximum Gasteiger partial charge on any atom is 0.263 e. The van der Waals surface area contributed by atoms with E-state index in [1.165, 1.54) is 13.3 Å². The number of nitrogens with one attached hydrogen (secondary N) is 2. The molecule has 27 heavy (non-hydrogen) atoms. The Morgan fingerprint density at radius 3 is 2.70 bits per heavy atom. The van der Waals surface area contributed by atoms with E-state index in [2.05, 4.69) is 15.6 Å². The summed E-state index contributed by atoms with van der Waals surface area (Å²) in [7, 11) is 1.46. The molecule has 0 bridgehead atoms. The first-order chi connectivity index (χ1) is 13.0. The van der Waals surface area contributed by atoms with Crippen LogP contribution in [0.5, 0.6) is 0 Å². The van der Waals surface area contributed by atoms with Crippen molar-refractivity contribution < 1.29 is 24.5 Å². The number of aromatic nitrogens is 1. The van der Waals surface area contributed by atoms with Gasteiger partial charge in [-0.3, -0.25) is 14.9 Å². The fourth-order valence-electron chi connectivity index (χ4n) is 3.17. The van der Waals surface area contributed by atoms with Gasteiger partial charge in [-0.1, -0.05) is 29.5 Å². The molecule has 1 aromatic carbocycles. The SMILES string of the molecule is CO[C@@H]1[C@H](O)[C@@H](CO)C[C@H]1NC(=O)c1cnc(NC(=O)c2ccccc2)s1. The van der Waals surface area contributed by atoms with E-state index in [1.54, 1.807) is 24.3 Å². The molecule has 0 unspecified atom stereocenters. The zero-order valence-corrected chi connectivity index (χ0v) is 15.5. The highest BCUT2D eigenvalue weighted by Crippen LogP contribution is 2.29. The molecule has 1 aliphatic carbocycles. The Bertz CT molecular complexity index is 797. The normalized spacial score (nSPS) is 24.6. The second-order valence-corrected chi connectivity index (χ2v) is 7.33. The summed E-state index contributed by atoms with van der Waals surface area (Å²) in [5, 5.41) is 25.2. The van der Waals surface area contributed by atoms with E-state index in [-0.39, 0.29) is 24.3 Å². The number of anilines is 1. The van der Waals surface area contributed by atoms with Gasteiger partial charge in [0.1, 0.15) is 11.0 Å². The summed E-state index contributed by atoms with van der Waals surface area (Å²) in [5.74, 6) is -1.02. The van der Waals surface area contributed by atoms with E-state index >= 15 is 0 Å². The van der Waals surface area contributed by atoms with Crippen LogP contribution >= 0.6 is 11.3 Å². The summed E-state index contributed by atoms with van der Waals surface area (Å²) >= 11 is 1.06. The van der Waals surface area contributed by atoms with Crippen molar-refractivity contribution in [1.82, 2.24) is 10.3 Å². The fourth-order valence-corrected chi connectivity index (χ4v) is 3.88. The van der Waals surface area contributed by atoms with Crippen LogP contribution in [0.25, 0.3) is 0 Å². The minimum Gasteiger partial charge on any atom is -0.396 e. The molecule has 1 fully saturated rings. The molecule has 8 nitrogen and oxygen atoms in total. The van der Waals surface area contributed by atoms with Gasteiger partial charge in [0, 0.05) is 25.2 Å². The third-order valence-electron chi connectivity index (χ3n) is 4.58. The topological polar surface area (TPSA) is 121 Å². The number of nitrogens with zero attached hydrogens (tertiary/aromatic N) is 1. The predicted molar refractivity (Wildman–Crippen MR) is 99.8 cm³/mol. The van der Waals surface area contributed by atoms with Crippen LogP contribution in [0.3, 0.4) is 0 Å². The van der Waals surface area contributed by atoms with Gasteiger partial charge in [-0.05, 0) is 18.6 Å². The van der Waals surface area contributed by atoms with Crippen molar-refractivity contribution in [2.24, 2.45) is 5.92 Å². The number of carbonyl (C=O) groups excluding carboxylic acids is 2. The van der Waals surface area contributed by atoms with Gasteiger partial charge in [-0.15, -0.1) is 0 Å². The van der Waals surface area contributed by atoms with Crippen molar-refractivity contribution in [2.45, 2.75) is 24.7 Å². The van der Waals surface area contributed by atoms with Crippen LogP contribution in [0.4, 0.5) is 5.13 Å². The summed E-state index contributed by atoms with van der Waals surface area (Å²) in [6, 6.07) is 8.29. The van der Waals surface area contributed by atoms with E-state index in [9.17, 15) is 19.8 Å². The molecule has 144 valence electrons. The van der Waals surface area contributed by atoms with E-state index in [1.807, 2.05) is 6.07 Å². The number of methoxy groups -OCH3 is 1. The number of thiazole rings is 1. The highest BCUT2D eigenvalue weighted by atomic mass is 32.1. The molecule has 1 heterocycles. The molecule has 2 amide bonds. The number of aliphatic hydroxyl groups is 2. The second-order valence-electron chi connectivity index (χ2n) is 6.30. The van der Waals surface area contributed by atoms with E-state index in [0.717, 1.165) is 11.3 Å². The molecule has 0 spiro atoms. The monoisotopic (exact) mass is 391 g/mol. The van der Waals surface area contributed by atoms with Gasteiger partial charge >= 0.3 is 0 Å². The highest BCUT2D eigenvalue weighted by Gasteiger charge is 2.43. The van der Waals surface area contributed by atoms with Crippen LogP contribution in [-0.4, -0.2) is 59.0 Å². The molecule has 4 N–H and O–H groups in total. The number of ether oxygens (including phenoxy) is 1. The fraction of sp³-hybridized carbons (Fsp3) is 0.389. The number of rotatable bonds is 6. The first-order valence-corrected chi connectivity index (χ1v) is 9.30. The minimum atomic E-state index is -0.840. The lowest BCUT2D eigenvalue weighted by molar-refractivity contribution is -0.0246. The molecule has 3 rings (SSSR count). The Labute approximate surface area is 160 Å². The maximum atomic E-state index is 12.5. The average Bonchev–Trinajstić information content (AvgIpc) is 3.26. The summed E-state index contributed by atoms with van der Waals surface area (Å²) in [6.45, 7) is -0.177. The van der Waals surface area contributed by atoms with Crippen molar-refractivity contribution >= 4 is 28.3 Å². The lowest BCUT2D eigenvalue weighted by atomic mass is 10.1. The lowest BCUT2D eigenvalue weighted by Gasteiger charge is -2.21. The average molecular weight is 391 g/mol. The van der Waals surface area contributed by atoms with Crippen molar-refractivity contribution in [3.8, 4) is 0 Å². The van der Waals surface area contributed by atoms with Gasteiger partial charge in [0.15, 0.2) is 5.13 Å². The second kappa shape index (κ2) is 8.57. The van der Waals surface area contributed by atoms with Crippen LogP contribution in [0.1, 0.15) is 26.5 Å². The number of aliphatic hydroxyl groups excluding tert-OH is 2. The van der Waals surface area contributed by atoms with Crippen LogP contribution in [0.2, 0.25) is 0 Å². The first-order valence-electron chi connectivity index (χ1n) is 8.48. The zero-order valence-electron chi connectivity index (χ0n) is 14.7. The van der Waals surface area contributed by atoms with Gasteiger partial charge in [-0.2, -0.15) is 0 Å². The molecule has 0 saturated heterocycles. The largest absolute Gasteiger partial charge is 0.396 e. The number of carbonyl (C=O) groups is 2. The number of hydrogen-bond acceptors (Lipinski definition) is 7. The molecule has 1 aliphatic rings. The van der Waals surface area contributed by atoms with Crippen LogP contribution < -0.4 is 10.6 Å². The molecular formula is C18H21N3O5S. The highest BCUT2D eigenvalue weighted by molar-refractivity contribution is 7.17. The Hall–Kier alpha value is -2.33. The first kappa shape index (κ1) is 19.4. The van der Waals surface area contributed by atoms with Crippen LogP contribution in [0, 0.1) is 5.92 Å². The Kier molecular flexibility index (Phi) is 6.17. The number of benzene rings is 1. The minimum absolute atomic E-state index is 0.177. The molecule has 4 atom stereocenters. The van der Waals surface area contributed by atoms with Crippen molar-refractivity contribution in [2.75, 3.05) is 19.0 Å².